The normalized spacial score (nSPS) is 10.8. The predicted octanol–water partition coefficient (Wildman–Crippen LogP) is 3.41. The Kier molecular flexibility index (Phi) is 4.88. The van der Waals surface area contributed by atoms with Crippen LogP contribution in [0.2, 0.25) is 10.3 Å². The second kappa shape index (κ2) is 7.07. The van der Waals surface area contributed by atoms with Gasteiger partial charge in [0.15, 0.2) is 10.9 Å². The zero-order valence-corrected chi connectivity index (χ0v) is 14.2. The van der Waals surface area contributed by atoms with Gasteiger partial charge < -0.3 is 9.13 Å². The molecule has 0 amide bonds. The van der Waals surface area contributed by atoms with Crippen LogP contribution in [0.5, 0.6) is 0 Å². The first-order valence-electron chi connectivity index (χ1n) is 7.31. The van der Waals surface area contributed by atoms with Gasteiger partial charge in [-0.25, -0.2) is 0 Å². The van der Waals surface area contributed by atoms with Gasteiger partial charge in [0.25, 0.3) is 0 Å². The van der Waals surface area contributed by atoms with Crippen LogP contribution in [0.3, 0.4) is 0 Å². The van der Waals surface area contributed by atoms with E-state index >= 15 is 0 Å². The molecular formula is C18H14Cl2N2O2. The first kappa shape index (κ1) is 16.6. The molecule has 2 heterocycles. The summed E-state index contributed by atoms with van der Waals surface area (Å²) in [5.74, 6) is 0. The Morgan fingerprint density at radius 2 is 1.04 bits per heavy atom. The SMILES string of the molecule is O=c1ccn(Cc2ccc(Cn3ccc(=O)cc3Cl)cc2)c(Cl)c1. The molecule has 2 aromatic heterocycles. The standard InChI is InChI=1S/C18H14Cl2N2O2/c19-17-9-15(23)5-7-21(17)11-13-1-2-14(4-3-13)12-22-8-6-16(24)10-18(22)20/h1-10H,11-12H2. The average Bonchev–Trinajstić information content (AvgIpc) is 2.54. The lowest BCUT2D eigenvalue weighted by Crippen LogP contribution is -2.08. The number of halogens is 2. The van der Waals surface area contributed by atoms with Crippen LogP contribution in [0.4, 0.5) is 0 Å². The lowest BCUT2D eigenvalue weighted by atomic mass is 10.1. The number of aromatic nitrogens is 2. The van der Waals surface area contributed by atoms with Gasteiger partial charge in [-0.05, 0) is 11.1 Å². The van der Waals surface area contributed by atoms with E-state index in [0.29, 0.717) is 23.4 Å². The van der Waals surface area contributed by atoms with Crippen molar-refractivity contribution >= 4 is 23.2 Å². The maximum absolute atomic E-state index is 11.2. The van der Waals surface area contributed by atoms with E-state index in [9.17, 15) is 9.59 Å². The predicted molar refractivity (Wildman–Crippen MR) is 96.1 cm³/mol. The van der Waals surface area contributed by atoms with E-state index in [1.807, 2.05) is 24.3 Å². The smallest absolute Gasteiger partial charge is 0.183 e. The summed E-state index contributed by atoms with van der Waals surface area (Å²) in [4.78, 5) is 22.5. The van der Waals surface area contributed by atoms with Crippen LogP contribution in [-0.2, 0) is 13.1 Å². The van der Waals surface area contributed by atoms with Crippen molar-refractivity contribution in [2.45, 2.75) is 13.1 Å². The Bertz CT molecular complexity index is 895. The number of nitrogens with zero attached hydrogens (tertiary/aromatic N) is 2. The fourth-order valence-corrected chi connectivity index (χ4v) is 2.81. The lowest BCUT2D eigenvalue weighted by Gasteiger charge is -2.11. The molecule has 0 bridgehead atoms. The van der Waals surface area contributed by atoms with Gasteiger partial charge >= 0.3 is 0 Å². The molecule has 0 saturated carbocycles. The molecule has 0 fully saturated rings. The first-order valence-corrected chi connectivity index (χ1v) is 8.07. The zero-order valence-electron chi connectivity index (χ0n) is 12.7. The van der Waals surface area contributed by atoms with E-state index in [1.54, 1.807) is 21.5 Å². The Morgan fingerprint density at radius 1 is 0.667 bits per heavy atom. The summed E-state index contributed by atoms with van der Waals surface area (Å²) < 4.78 is 3.60. The Hall–Kier alpha value is -2.30. The van der Waals surface area contributed by atoms with Gasteiger partial charge in [0, 0.05) is 49.7 Å². The van der Waals surface area contributed by atoms with E-state index in [-0.39, 0.29) is 10.9 Å². The molecule has 0 radical (unpaired) electrons. The van der Waals surface area contributed by atoms with E-state index in [0.717, 1.165) is 11.1 Å². The molecule has 0 N–H and O–H groups in total. The molecule has 0 atom stereocenters. The van der Waals surface area contributed by atoms with Gasteiger partial charge in [-0.3, -0.25) is 9.59 Å². The van der Waals surface area contributed by atoms with E-state index in [4.69, 9.17) is 23.2 Å². The van der Waals surface area contributed by atoms with Crippen molar-refractivity contribution in [3.8, 4) is 0 Å². The molecule has 0 saturated heterocycles. The van der Waals surface area contributed by atoms with Crippen LogP contribution < -0.4 is 10.9 Å². The third-order valence-corrected chi connectivity index (χ3v) is 4.29. The molecule has 0 aliphatic carbocycles. The van der Waals surface area contributed by atoms with Crippen molar-refractivity contribution in [1.29, 1.82) is 0 Å². The van der Waals surface area contributed by atoms with Gasteiger partial charge in [0.1, 0.15) is 10.3 Å². The number of pyridine rings is 2. The quantitative estimate of drug-likeness (QED) is 0.669. The molecule has 1 aromatic carbocycles. The highest BCUT2D eigenvalue weighted by Crippen LogP contribution is 2.13. The molecule has 4 nitrogen and oxygen atoms in total. The molecule has 122 valence electrons. The zero-order chi connectivity index (χ0) is 17.1. The summed E-state index contributed by atoms with van der Waals surface area (Å²) in [6.45, 7) is 1.16. The average molecular weight is 361 g/mol. The molecule has 3 aromatic rings. The minimum absolute atomic E-state index is 0.107. The maximum Gasteiger partial charge on any atom is 0.183 e. The van der Waals surface area contributed by atoms with Crippen LogP contribution in [0, 0.1) is 0 Å². The van der Waals surface area contributed by atoms with Crippen LogP contribution in [0.25, 0.3) is 0 Å². The van der Waals surface area contributed by atoms with Crippen LogP contribution in [-0.4, -0.2) is 9.13 Å². The number of hydrogen-bond donors (Lipinski definition) is 0. The van der Waals surface area contributed by atoms with Gasteiger partial charge in [-0.2, -0.15) is 0 Å². The highest BCUT2D eigenvalue weighted by Gasteiger charge is 2.02. The van der Waals surface area contributed by atoms with Crippen LogP contribution in [0.15, 0.2) is 70.5 Å². The third-order valence-electron chi connectivity index (χ3n) is 3.64. The number of rotatable bonds is 4. The highest BCUT2D eigenvalue weighted by atomic mass is 35.5. The van der Waals surface area contributed by atoms with Crippen molar-refractivity contribution < 1.29 is 0 Å². The van der Waals surface area contributed by atoms with Gasteiger partial charge in [-0.15, -0.1) is 0 Å². The molecule has 6 heteroatoms. The van der Waals surface area contributed by atoms with Gasteiger partial charge in [0.2, 0.25) is 0 Å². The van der Waals surface area contributed by atoms with Crippen molar-refractivity contribution in [2.24, 2.45) is 0 Å². The summed E-state index contributed by atoms with van der Waals surface area (Å²) in [6.07, 6.45) is 3.36. The molecule has 0 spiro atoms. The third kappa shape index (κ3) is 3.96. The minimum Gasteiger partial charge on any atom is -0.334 e. The van der Waals surface area contributed by atoms with Crippen molar-refractivity contribution in [2.75, 3.05) is 0 Å². The van der Waals surface area contributed by atoms with Gasteiger partial charge in [-0.1, -0.05) is 47.5 Å². The number of hydrogen-bond acceptors (Lipinski definition) is 2. The topological polar surface area (TPSA) is 44.0 Å². The summed E-state index contributed by atoms with van der Waals surface area (Å²) in [6, 6.07) is 13.8. The second-order valence-electron chi connectivity index (χ2n) is 5.44. The molecule has 24 heavy (non-hydrogen) atoms. The molecule has 0 aliphatic rings. The van der Waals surface area contributed by atoms with Crippen molar-refractivity contribution in [1.82, 2.24) is 9.13 Å². The van der Waals surface area contributed by atoms with Crippen molar-refractivity contribution in [3.63, 3.8) is 0 Å². The molecular weight excluding hydrogens is 347 g/mol. The van der Waals surface area contributed by atoms with Gasteiger partial charge in [0.05, 0.1) is 0 Å². The maximum atomic E-state index is 11.2. The Balaban J connectivity index is 1.75. The summed E-state index contributed by atoms with van der Waals surface area (Å²) in [5.41, 5.74) is 1.92. The monoisotopic (exact) mass is 360 g/mol. The molecule has 3 rings (SSSR count). The minimum atomic E-state index is -0.107. The summed E-state index contributed by atoms with van der Waals surface area (Å²) >= 11 is 12.1. The summed E-state index contributed by atoms with van der Waals surface area (Å²) in [5, 5.41) is 0.818. The Morgan fingerprint density at radius 3 is 1.38 bits per heavy atom. The summed E-state index contributed by atoms with van der Waals surface area (Å²) in [7, 11) is 0. The fraction of sp³-hybridized carbons (Fsp3) is 0.111. The Labute approximate surface area is 148 Å². The van der Waals surface area contributed by atoms with E-state index in [1.165, 1.54) is 24.3 Å². The lowest BCUT2D eigenvalue weighted by molar-refractivity contribution is 0.778. The highest BCUT2D eigenvalue weighted by molar-refractivity contribution is 6.29. The fourth-order valence-electron chi connectivity index (χ4n) is 2.37. The van der Waals surface area contributed by atoms with E-state index in [2.05, 4.69) is 0 Å². The molecule has 0 aliphatic heterocycles. The van der Waals surface area contributed by atoms with Crippen LogP contribution >= 0.6 is 23.2 Å². The second-order valence-corrected chi connectivity index (χ2v) is 6.22. The number of benzene rings is 1. The van der Waals surface area contributed by atoms with Crippen LogP contribution in [0.1, 0.15) is 11.1 Å². The largest absolute Gasteiger partial charge is 0.334 e. The van der Waals surface area contributed by atoms with E-state index < -0.39 is 0 Å². The molecule has 0 unspecified atom stereocenters. The first-order chi connectivity index (χ1) is 11.5. The van der Waals surface area contributed by atoms with Crippen molar-refractivity contribution in [3.05, 3.63) is 103 Å².